The van der Waals surface area contributed by atoms with E-state index in [1.165, 1.54) is 12.1 Å². The standard InChI is InChI=1S/C23H21FN6O/c1-29-11-2-4-20(29)19-14-30-13-16(6-8-21(30)28-19)27-23(31)17-7-5-15(12-18(17)24)22-25-9-3-10-26-22/h3,5-10,12-14,20H,2,4,11H2,1H3,(H,27,31)/t20-/m1/s1. The summed E-state index contributed by atoms with van der Waals surface area (Å²) >= 11 is 0. The molecule has 1 N–H and O–H groups in total. The van der Waals surface area contributed by atoms with Crippen LogP contribution in [-0.4, -0.2) is 43.8 Å². The highest BCUT2D eigenvalue weighted by Gasteiger charge is 2.25. The van der Waals surface area contributed by atoms with E-state index in [1.54, 1.807) is 36.8 Å². The lowest BCUT2D eigenvalue weighted by Crippen LogP contribution is -2.17. The third kappa shape index (κ3) is 3.77. The fourth-order valence-corrected chi connectivity index (χ4v) is 4.01. The van der Waals surface area contributed by atoms with Crippen molar-refractivity contribution in [3.63, 3.8) is 0 Å². The van der Waals surface area contributed by atoms with Crippen molar-refractivity contribution in [3.8, 4) is 11.4 Å². The van der Waals surface area contributed by atoms with Crippen molar-refractivity contribution in [2.24, 2.45) is 0 Å². The number of likely N-dealkylation sites (tertiary alicyclic amines) is 1. The lowest BCUT2D eigenvalue weighted by atomic mass is 10.1. The Balaban J connectivity index is 1.36. The average Bonchev–Trinajstić information content (AvgIpc) is 3.39. The first-order valence-electron chi connectivity index (χ1n) is 10.2. The predicted octanol–water partition coefficient (Wildman–Crippen LogP) is 3.95. The summed E-state index contributed by atoms with van der Waals surface area (Å²) in [7, 11) is 2.11. The number of anilines is 1. The number of carbonyl (C=O) groups excluding carboxylic acids is 1. The van der Waals surface area contributed by atoms with Gasteiger partial charge in [-0.25, -0.2) is 19.3 Å². The molecule has 5 rings (SSSR count). The van der Waals surface area contributed by atoms with Gasteiger partial charge in [-0.05, 0) is 56.8 Å². The molecular weight excluding hydrogens is 395 g/mol. The Morgan fingerprint density at radius 2 is 2.00 bits per heavy atom. The monoisotopic (exact) mass is 416 g/mol. The summed E-state index contributed by atoms with van der Waals surface area (Å²) in [5.74, 6) is -0.742. The second kappa shape index (κ2) is 7.88. The quantitative estimate of drug-likeness (QED) is 0.545. The van der Waals surface area contributed by atoms with E-state index < -0.39 is 11.7 Å². The van der Waals surface area contributed by atoms with Gasteiger partial charge in [0.05, 0.1) is 23.0 Å². The molecule has 1 fully saturated rings. The molecule has 1 atom stereocenters. The number of halogens is 1. The van der Waals surface area contributed by atoms with Crippen LogP contribution in [0.2, 0.25) is 0 Å². The van der Waals surface area contributed by atoms with Crippen molar-refractivity contribution in [3.05, 3.63) is 78.3 Å². The SMILES string of the molecule is CN1CCC[C@@H]1c1cn2cc(NC(=O)c3ccc(-c4ncccn4)cc3F)ccc2n1. The van der Waals surface area contributed by atoms with E-state index in [0.29, 0.717) is 23.1 Å². The fourth-order valence-electron chi connectivity index (χ4n) is 4.01. The number of rotatable bonds is 4. The van der Waals surface area contributed by atoms with Gasteiger partial charge in [0.2, 0.25) is 0 Å². The summed E-state index contributed by atoms with van der Waals surface area (Å²) in [6, 6.07) is 9.98. The first kappa shape index (κ1) is 19.3. The van der Waals surface area contributed by atoms with Crippen LogP contribution >= 0.6 is 0 Å². The van der Waals surface area contributed by atoms with Crippen LogP contribution in [0.3, 0.4) is 0 Å². The highest BCUT2D eigenvalue weighted by molar-refractivity contribution is 6.04. The molecule has 1 aliphatic heterocycles. The summed E-state index contributed by atoms with van der Waals surface area (Å²) in [6.07, 6.45) is 9.21. The largest absolute Gasteiger partial charge is 0.321 e. The maximum Gasteiger partial charge on any atom is 0.258 e. The first-order chi connectivity index (χ1) is 15.1. The van der Waals surface area contributed by atoms with E-state index in [2.05, 4.69) is 27.2 Å². The Kier molecular flexibility index (Phi) is 4.91. The molecule has 1 amide bonds. The average molecular weight is 416 g/mol. The Labute approximate surface area is 178 Å². The molecule has 8 heteroatoms. The van der Waals surface area contributed by atoms with Crippen LogP contribution in [0.5, 0.6) is 0 Å². The molecule has 1 aromatic carbocycles. The summed E-state index contributed by atoms with van der Waals surface area (Å²) in [4.78, 5) is 27.9. The van der Waals surface area contributed by atoms with E-state index in [-0.39, 0.29) is 5.56 Å². The topological polar surface area (TPSA) is 75.4 Å². The summed E-state index contributed by atoms with van der Waals surface area (Å²) in [6.45, 7) is 1.07. The zero-order valence-electron chi connectivity index (χ0n) is 17.0. The number of fused-ring (bicyclic) bond motifs is 1. The molecule has 0 radical (unpaired) electrons. The number of pyridine rings is 1. The Morgan fingerprint density at radius 1 is 1.16 bits per heavy atom. The zero-order valence-corrected chi connectivity index (χ0v) is 17.0. The Bertz CT molecular complexity index is 1260. The van der Waals surface area contributed by atoms with E-state index in [0.717, 1.165) is 30.7 Å². The van der Waals surface area contributed by atoms with Gasteiger partial charge >= 0.3 is 0 Å². The van der Waals surface area contributed by atoms with Gasteiger partial charge in [-0.2, -0.15) is 0 Å². The van der Waals surface area contributed by atoms with Crippen LogP contribution in [0.4, 0.5) is 10.1 Å². The second-order valence-electron chi connectivity index (χ2n) is 7.71. The van der Waals surface area contributed by atoms with E-state index in [9.17, 15) is 9.18 Å². The summed E-state index contributed by atoms with van der Waals surface area (Å²) in [5.41, 5.74) is 2.87. The van der Waals surface area contributed by atoms with Crippen molar-refractivity contribution in [1.82, 2.24) is 24.3 Å². The van der Waals surface area contributed by atoms with Crippen LogP contribution in [0.15, 0.2) is 61.2 Å². The van der Waals surface area contributed by atoms with E-state index >= 15 is 0 Å². The van der Waals surface area contributed by atoms with Crippen LogP contribution < -0.4 is 5.32 Å². The molecule has 0 saturated carbocycles. The fraction of sp³-hybridized carbons (Fsp3) is 0.217. The van der Waals surface area contributed by atoms with E-state index in [1.807, 2.05) is 16.7 Å². The number of carbonyl (C=O) groups is 1. The van der Waals surface area contributed by atoms with Crippen molar-refractivity contribution >= 4 is 17.2 Å². The van der Waals surface area contributed by atoms with Gasteiger partial charge in [-0.1, -0.05) is 6.07 Å². The van der Waals surface area contributed by atoms with Gasteiger partial charge in [0.25, 0.3) is 5.91 Å². The number of hydrogen-bond acceptors (Lipinski definition) is 5. The molecule has 1 aliphatic rings. The number of hydrogen-bond donors (Lipinski definition) is 1. The van der Waals surface area contributed by atoms with Crippen molar-refractivity contribution < 1.29 is 9.18 Å². The maximum absolute atomic E-state index is 14.6. The molecule has 3 aromatic heterocycles. The highest BCUT2D eigenvalue weighted by Crippen LogP contribution is 2.30. The molecule has 31 heavy (non-hydrogen) atoms. The molecule has 0 spiro atoms. The highest BCUT2D eigenvalue weighted by atomic mass is 19.1. The van der Waals surface area contributed by atoms with Crippen LogP contribution in [0, 0.1) is 5.82 Å². The normalized spacial score (nSPS) is 16.6. The minimum Gasteiger partial charge on any atom is -0.321 e. The van der Waals surface area contributed by atoms with E-state index in [4.69, 9.17) is 4.98 Å². The molecular formula is C23H21FN6O. The first-order valence-corrected chi connectivity index (χ1v) is 10.2. The minimum atomic E-state index is -0.627. The number of aromatic nitrogens is 4. The smallest absolute Gasteiger partial charge is 0.258 e. The van der Waals surface area contributed by atoms with Crippen LogP contribution in [0.25, 0.3) is 17.0 Å². The molecule has 0 aliphatic carbocycles. The third-order valence-electron chi connectivity index (χ3n) is 5.63. The number of amides is 1. The summed E-state index contributed by atoms with van der Waals surface area (Å²) in [5, 5.41) is 2.77. The van der Waals surface area contributed by atoms with Crippen LogP contribution in [0.1, 0.15) is 34.9 Å². The zero-order chi connectivity index (χ0) is 21.4. The van der Waals surface area contributed by atoms with Gasteiger partial charge in [0.15, 0.2) is 5.82 Å². The Hall–Kier alpha value is -3.65. The number of nitrogens with one attached hydrogen (secondary N) is 1. The number of imidazole rings is 1. The maximum atomic E-state index is 14.6. The second-order valence-corrected chi connectivity index (χ2v) is 7.71. The molecule has 0 bridgehead atoms. The number of nitrogens with zero attached hydrogens (tertiary/aromatic N) is 5. The van der Waals surface area contributed by atoms with Gasteiger partial charge in [0, 0.05) is 30.4 Å². The Morgan fingerprint density at radius 3 is 2.74 bits per heavy atom. The van der Waals surface area contributed by atoms with Gasteiger partial charge < -0.3 is 9.72 Å². The lowest BCUT2D eigenvalue weighted by molar-refractivity contribution is 0.102. The third-order valence-corrected chi connectivity index (χ3v) is 5.63. The van der Waals surface area contributed by atoms with Gasteiger partial charge in [0.1, 0.15) is 11.5 Å². The number of benzene rings is 1. The van der Waals surface area contributed by atoms with Crippen molar-refractivity contribution in [1.29, 1.82) is 0 Å². The predicted molar refractivity (Wildman–Crippen MR) is 115 cm³/mol. The molecule has 4 heterocycles. The molecule has 0 unspecified atom stereocenters. The van der Waals surface area contributed by atoms with Gasteiger partial charge in [-0.3, -0.25) is 9.69 Å². The van der Waals surface area contributed by atoms with Crippen molar-refractivity contribution in [2.75, 3.05) is 18.9 Å². The molecule has 1 saturated heterocycles. The molecule has 156 valence electrons. The molecule has 4 aromatic rings. The van der Waals surface area contributed by atoms with Gasteiger partial charge in [-0.15, -0.1) is 0 Å². The minimum absolute atomic E-state index is 0.0429. The van der Waals surface area contributed by atoms with Crippen molar-refractivity contribution in [2.45, 2.75) is 18.9 Å². The molecule has 7 nitrogen and oxygen atoms in total. The lowest BCUT2D eigenvalue weighted by Gasteiger charge is -2.16. The van der Waals surface area contributed by atoms with Crippen LogP contribution in [-0.2, 0) is 0 Å². The summed E-state index contributed by atoms with van der Waals surface area (Å²) < 4.78 is 16.5.